The van der Waals surface area contributed by atoms with Gasteiger partial charge in [0.2, 0.25) is 0 Å². The van der Waals surface area contributed by atoms with Crippen molar-refractivity contribution in [3.05, 3.63) is 217 Å². The normalized spacial score (nSPS) is 11.2. The van der Waals surface area contributed by atoms with Crippen LogP contribution < -0.4 is 0 Å². The minimum Gasteiger partial charge on any atom is -0.309 e. The molecule has 0 saturated heterocycles. The lowest BCUT2D eigenvalue weighted by molar-refractivity contribution is 1.17. The van der Waals surface area contributed by atoms with E-state index in [1.54, 1.807) is 0 Å². The fourth-order valence-corrected chi connectivity index (χ4v) is 9.22. The van der Waals surface area contributed by atoms with Crippen molar-refractivity contribution in [1.29, 1.82) is 10.5 Å². The van der Waals surface area contributed by atoms with Gasteiger partial charge in [0.25, 0.3) is 0 Å². The molecule has 0 unspecified atom stereocenters. The van der Waals surface area contributed by atoms with Crippen LogP contribution in [0.2, 0.25) is 0 Å². The molecular formula is C56H32N6. The molecular weight excluding hydrogens is 757 g/mol. The summed E-state index contributed by atoms with van der Waals surface area (Å²) in [5.74, 6) is 0. The number of aromatic nitrogens is 3. The third-order valence-electron chi connectivity index (χ3n) is 11.8. The van der Waals surface area contributed by atoms with Gasteiger partial charge in [-0.2, -0.15) is 10.5 Å². The van der Waals surface area contributed by atoms with Crippen LogP contribution in [-0.4, -0.2) is 14.1 Å². The molecule has 6 nitrogen and oxygen atoms in total. The number of para-hydroxylation sites is 4. The second-order valence-corrected chi connectivity index (χ2v) is 15.2. The van der Waals surface area contributed by atoms with Crippen LogP contribution in [0.1, 0.15) is 11.1 Å². The molecule has 0 fully saturated rings. The van der Waals surface area contributed by atoms with Gasteiger partial charge in [-0.05, 0) is 64.7 Å². The van der Waals surface area contributed by atoms with Crippen molar-refractivity contribution in [2.24, 2.45) is 0 Å². The third kappa shape index (κ3) is 5.51. The molecule has 0 aliphatic heterocycles. The highest BCUT2D eigenvalue weighted by Gasteiger charge is 2.26. The summed E-state index contributed by atoms with van der Waals surface area (Å²) in [5, 5.41) is 25.9. The monoisotopic (exact) mass is 788 g/mol. The number of hydrogen-bond acceptors (Lipinski definition) is 3. The van der Waals surface area contributed by atoms with Gasteiger partial charge in [-0.3, -0.25) is 0 Å². The summed E-state index contributed by atoms with van der Waals surface area (Å²) in [6, 6.07) is 69.9. The number of pyridine rings is 1. The molecule has 0 atom stereocenters. The van der Waals surface area contributed by atoms with Crippen LogP contribution in [0, 0.1) is 29.2 Å². The van der Waals surface area contributed by atoms with Crippen molar-refractivity contribution >= 4 is 49.3 Å². The maximum Gasteiger partial charge on any atom is 0.195 e. The van der Waals surface area contributed by atoms with Crippen LogP contribution in [-0.2, 0) is 0 Å². The molecule has 6 heteroatoms. The first-order valence-corrected chi connectivity index (χ1v) is 20.3. The van der Waals surface area contributed by atoms with Gasteiger partial charge in [-0.15, -0.1) is 0 Å². The summed E-state index contributed by atoms with van der Waals surface area (Å²) in [7, 11) is 0. The van der Waals surface area contributed by atoms with Crippen LogP contribution in [0.15, 0.2) is 194 Å². The first-order chi connectivity index (χ1) is 30.7. The van der Waals surface area contributed by atoms with Gasteiger partial charge in [0.05, 0.1) is 51.2 Å². The van der Waals surface area contributed by atoms with Crippen molar-refractivity contribution in [2.75, 3.05) is 0 Å². The van der Waals surface area contributed by atoms with Crippen molar-refractivity contribution in [1.82, 2.24) is 14.1 Å². The largest absolute Gasteiger partial charge is 0.309 e. The molecule has 286 valence electrons. The van der Waals surface area contributed by atoms with Crippen LogP contribution in [0.5, 0.6) is 0 Å². The quantitative estimate of drug-likeness (QED) is 0.157. The van der Waals surface area contributed by atoms with E-state index in [1.165, 1.54) is 0 Å². The standard InChI is InChI=1S/C56H32N6/c1-59-48-33-38(54-47(35-58)51(36-17-6-2-7-18-36)46(34-57)53(60-54)37-19-8-3-9-20-37)29-30-41(48)42-26-16-27-43-44-31-32-50-52(56(44)62(55(42)43)40-23-12-5-13-24-40)45-25-14-15-28-49(45)61(50)39-21-10-4-11-22-39/h2-33H. The van der Waals surface area contributed by atoms with Crippen molar-refractivity contribution < 1.29 is 0 Å². The van der Waals surface area contributed by atoms with Crippen LogP contribution in [0.4, 0.5) is 5.69 Å². The second-order valence-electron chi connectivity index (χ2n) is 15.2. The minimum absolute atomic E-state index is 0.279. The smallest absolute Gasteiger partial charge is 0.195 e. The highest BCUT2D eigenvalue weighted by atomic mass is 15.0. The van der Waals surface area contributed by atoms with Crippen LogP contribution in [0.25, 0.3) is 105 Å². The van der Waals surface area contributed by atoms with Gasteiger partial charge < -0.3 is 9.13 Å². The molecule has 8 aromatic carbocycles. The molecule has 0 amide bonds. The molecule has 0 bridgehead atoms. The second kappa shape index (κ2) is 14.7. The molecule has 11 aromatic rings. The van der Waals surface area contributed by atoms with Crippen molar-refractivity contribution in [3.8, 4) is 68.3 Å². The van der Waals surface area contributed by atoms with E-state index in [0.29, 0.717) is 33.8 Å². The van der Waals surface area contributed by atoms with E-state index in [0.717, 1.165) is 77.2 Å². The Balaban J connectivity index is 1.20. The predicted octanol–water partition coefficient (Wildman–Crippen LogP) is 14.2. The Morgan fingerprint density at radius 2 is 1.02 bits per heavy atom. The predicted molar refractivity (Wildman–Crippen MR) is 250 cm³/mol. The highest BCUT2D eigenvalue weighted by Crippen LogP contribution is 2.47. The van der Waals surface area contributed by atoms with Crippen LogP contribution in [0.3, 0.4) is 0 Å². The SMILES string of the molecule is [C-]#[N+]c1cc(-c2nc(-c3ccccc3)c(C#N)c(-c3ccccc3)c2C#N)ccc1-c1cccc2c3ccc4c(c5ccccc5n4-c4ccccc4)c3n(-c3ccccc3)c12. The van der Waals surface area contributed by atoms with Gasteiger partial charge in [-0.25, -0.2) is 9.83 Å². The first kappa shape index (κ1) is 36.1. The van der Waals surface area contributed by atoms with E-state index < -0.39 is 0 Å². The molecule has 0 saturated carbocycles. The van der Waals surface area contributed by atoms with E-state index in [2.05, 4.69) is 129 Å². The molecule has 0 spiro atoms. The summed E-state index contributed by atoms with van der Waals surface area (Å²) >= 11 is 0. The molecule has 0 aliphatic carbocycles. The van der Waals surface area contributed by atoms with Crippen LogP contribution >= 0.6 is 0 Å². The Kier molecular flexibility index (Phi) is 8.54. The molecule has 0 N–H and O–H groups in total. The van der Waals surface area contributed by atoms with Gasteiger partial charge in [0, 0.05) is 44.0 Å². The zero-order chi connectivity index (χ0) is 41.7. The first-order valence-electron chi connectivity index (χ1n) is 20.3. The van der Waals surface area contributed by atoms with Gasteiger partial charge in [0.1, 0.15) is 12.1 Å². The number of benzene rings is 8. The molecule has 0 radical (unpaired) electrons. The molecule has 0 aliphatic rings. The highest BCUT2D eigenvalue weighted by molar-refractivity contribution is 6.27. The Morgan fingerprint density at radius 3 is 1.68 bits per heavy atom. The molecule has 62 heavy (non-hydrogen) atoms. The fraction of sp³-hybridized carbons (Fsp3) is 0. The van der Waals surface area contributed by atoms with E-state index in [1.807, 2.05) is 91.0 Å². The van der Waals surface area contributed by atoms with Gasteiger partial charge in [-0.1, -0.05) is 152 Å². The Bertz CT molecular complexity index is 3690. The average molecular weight is 789 g/mol. The minimum atomic E-state index is 0.279. The van der Waals surface area contributed by atoms with Gasteiger partial charge >= 0.3 is 0 Å². The number of nitriles is 2. The van der Waals surface area contributed by atoms with E-state index >= 15 is 0 Å². The number of fused-ring (bicyclic) bond motifs is 7. The zero-order valence-corrected chi connectivity index (χ0v) is 33.2. The summed E-state index contributed by atoms with van der Waals surface area (Å²) in [5.41, 5.74) is 12.6. The van der Waals surface area contributed by atoms with Crippen molar-refractivity contribution in [2.45, 2.75) is 0 Å². The fourth-order valence-electron chi connectivity index (χ4n) is 9.22. The lowest BCUT2D eigenvalue weighted by Crippen LogP contribution is -2.02. The molecule has 11 rings (SSSR count). The molecule has 3 aromatic heterocycles. The molecule has 3 heterocycles. The van der Waals surface area contributed by atoms with E-state index in [-0.39, 0.29) is 5.56 Å². The van der Waals surface area contributed by atoms with Gasteiger partial charge in [0.15, 0.2) is 5.69 Å². The summed E-state index contributed by atoms with van der Waals surface area (Å²) in [6.07, 6.45) is 0. The van der Waals surface area contributed by atoms with Crippen molar-refractivity contribution in [3.63, 3.8) is 0 Å². The maximum atomic E-state index is 10.8. The zero-order valence-electron chi connectivity index (χ0n) is 33.2. The Hall–Kier alpha value is -9.02. The lowest BCUT2D eigenvalue weighted by atomic mass is 9.89. The number of rotatable bonds is 6. The number of hydrogen-bond donors (Lipinski definition) is 0. The summed E-state index contributed by atoms with van der Waals surface area (Å²) in [4.78, 5) is 9.22. The summed E-state index contributed by atoms with van der Waals surface area (Å²) < 4.78 is 4.70. The summed E-state index contributed by atoms with van der Waals surface area (Å²) in [6.45, 7) is 8.61. The maximum absolute atomic E-state index is 10.8. The topological polar surface area (TPSA) is 74.7 Å². The lowest BCUT2D eigenvalue weighted by Gasteiger charge is -2.17. The van der Waals surface area contributed by atoms with E-state index in [9.17, 15) is 10.5 Å². The average Bonchev–Trinajstić information content (AvgIpc) is 3.87. The number of nitrogens with zero attached hydrogens (tertiary/aromatic N) is 6. The third-order valence-corrected chi connectivity index (χ3v) is 11.8. The Morgan fingerprint density at radius 1 is 0.452 bits per heavy atom. The Labute approximate surface area is 357 Å². The van der Waals surface area contributed by atoms with E-state index in [4.69, 9.17) is 11.6 Å².